The van der Waals surface area contributed by atoms with E-state index in [1.54, 1.807) is 24.4 Å². The third-order valence-corrected chi connectivity index (χ3v) is 3.59. The highest BCUT2D eigenvalue weighted by molar-refractivity contribution is 6.02. The first kappa shape index (κ1) is 18.6. The van der Waals surface area contributed by atoms with Crippen LogP contribution in [0.4, 0.5) is 5.69 Å². The normalized spacial score (nSPS) is 12.6. The Morgan fingerprint density at radius 3 is 2.84 bits per heavy atom. The first-order valence-electron chi connectivity index (χ1n) is 8.57. The number of benzene rings is 1. The summed E-state index contributed by atoms with van der Waals surface area (Å²) in [5.41, 5.74) is 2.29. The molecule has 0 radical (unpaired) electrons. The fraction of sp³-hybridized carbons (Fsp3) is 0.238. The lowest BCUT2D eigenvalue weighted by atomic mass is 10.2. The van der Waals surface area contributed by atoms with Gasteiger partial charge in [-0.05, 0) is 43.2 Å². The van der Waals surface area contributed by atoms with Crippen LogP contribution in [0.15, 0.2) is 73.0 Å². The first-order chi connectivity index (χ1) is 12.2. The van der Waals surface area contributed by atoms with Crippen molar-refractivity contribution >= 4 is 11.6 Å². The van der Waals surface area contributed by atoms with Crippen molar-refractivity contribution in [3.8, 4) is 0 Å². The number of allylic oxidation sites excluding steroid dienone is 3. The van der Waals surface area contributed by atoms with Gasteiger partial charge < -0.3 is 10.6 Å². The van der Waals surface area contributed by atoms with Crippen molar-refractivity contribution in [2.75, 3.05) is 5.32 Å². The first-order valence-corrected chi connectivity index (χ1v) is 8.57. The minimum absolute atomic E-state index is 0.204. The minimum atomic E-state index is -0.204. The van der Waals surface area contributed by atoms with E-state index >= 15 is 0 Å². The molecule has 0 spiro atoms. The zero-order chi connectivity index (χ0) is 17.9. The van der Waals surface area contributed by atoms with E-state index in [2.05, 4.69) is 53.8 Å². The van der Waals surface area contributed by atoms with Crippen LogP contribution in [0.2, 0.25) is 0 Å². The molecule has 0 aliphatic rings. The van der Waals surface area contributed by atoms with Gasteiger partial charge in [-0.1, -0.05) is 49.4 Å². The number of nitrogens with one attached hydrogen (secondary N) is 2. The van der Waals surface area contributed by atoms with Gasteiger partial charge in [0.15, 0.2) is 0 Å². The van der Waals surface area contributed by atoms with Crippen molar-refractivity contribution < 1.29 is 4.79 Å². The fourth-order valence-electron chi connectivity index (χ4n) is 2.24. The predicted octanol–water partition coefficient (Wildman–Crippen LogP) is 4.33. The number of anilines is 1. The van der Waals surface area contributed by atoms with Gasteiger partial charge in [0.1, 0.15) is 5.69 Å². The van der Waals surface area contributed by atoms with Crippen molar-refractivity contribution in [1.82, 2.24) is 10.3 Å². The molecule has 130 valence electrons. The fourth-order valence-corrected chi connectivity index (χ4v) is 2.24. The van der Waals surface area contributed by atoms with Crippen LogP contribution in [0.25, 0.3) is 0 Å². The van der Waals surface area contributed by atoms with Gasteiger partial charge in [0, 0.05) is 24.5 Å². The van der Waals surface area contributed by atoms with Gasteiger partial charge in [-0.3, -0.25) is 9.78 Å². The van der Waals surface area contributed by atoms with Crippen LogP contribution in [0.3, 0.4) is 0 Å². The number of carbonyl (C=O) groups is 1. The lowest BCUT2D eigenvalue weighted by molar-refractivity contribution is 0.102. The van der Waals surface area contributed by atoms with Gasteiger partial charge in [0.25, 0.3) is 5.91 Å². The van der Waals surface area contributed by atoms with E-state index in [4.69, 9.17) is 0 Å². The third-order valence-electron chi connectivity index (χ3n) is 3.59. The lowest BCUT2D eigenvalue weighted by Crippen LogP contribution is -2.23. The Bertz CT molecular complexity index is 723. The number of hydrogen-bond donors (Lipinski definition) is 2. The summed E-state index contributed by atoms with van der Waals surface area (Å²) in [7, 11) is 0. The van der Waals surface area contributed by atoms with Gasteiger partial charge in [0.05, 0.1) is 0 Å². The van der Waals surface area contributed by atoms with E-state index in [0.717, 1.165) is 24.2 Å². The summed E-state index contributed by atoms with van der Waals surface area (Å²) in [5, 5.41) is 6.32. The number of pyridine rings is 1. The summed E-state index contributed by atoms with van der Waals surface area (Å²) < 4.78 is 0. The number of aromatic nitrogens is 1. The number of carbonyl (C=O) groups excluding carboxylic acids is 1. The predicted molar refractivity (Wildman–Crippen MR) is 104 cm³/mol. The molecule has 25 heavy (non-hydrogen) atoms. The second-order valence-corrected chi connectivity index (χ2v) is 5.76. The Hall–Kier alpha value is -2.72. The molecule has 1 aromatic heterocycles. The smallest absolute Gasteiger partial charge is 0.274 e. The highest BCUT2D eigenvalue weighted by atomic mass is 16.1. The molecule has 0 aliphatic carbocycles. The third kappa shape index (κ3) is 6.73. The molecule has 4 heteroatoms. The molecular weight excluding hydrogens is 310 g/mol. The molecule has 2 aromatic rings. The largest absolute Gasteiger partial charge is 0.321 e. The van der Waals surface area contributed by atoms with Crippen LogP contribution >= 0.6 is 0 Å². The molecule has 1 unspecified atom stereocenters. The number of amides is 1. The van der Waals surface area contributed by atoms with Crippen LogP contribution in [0, 0.1) is 0 Å². The standard InChI is InChI=1S/C21H25N3O/c1-3-4-5-6-10-17(2)23-16-18-11-9-12-19(15-18)24-21(25)20-13-7-8-14-22-20/h4-15,17,23H,3,16H2,1-2H3,(H,24,25)/b5-4+,10-6+. The summed E-state index contributed by atoms with van der Waals surface area (Å²) in [5.74, 6) is -0.204. The molecule has 0 fully saturated rings. The Labute approximate surface area is 149 Å². The van der Waals surface area contributed by atoms with Crippen LogP contribution in [-0.4, -0.2) is 16.9 Å². The maximum Gasteiger partial charge on any atom is 0.274 e. The second kappa shape index (κ2) is 10.2. The highest BCUT2D eigenvalue weighted by Crippen LogP contribution is 2.12. The maximum absolute atomic E-state index is 12.2. The van der Waals surface area contributed by atoms with Crippen LogP contribution < -0.4 is 10.6 Å². The van der Waals surface area contributed by atoms with Crippen LogP contribution in [-0.2, 0) is 6.54 Å². The van der Waals surface area contributed by atoms with E-state index in [1.807, 2.05) is 24.3 Å². The molecule has 0 saturated carbocycles. The van der Waals surface area contributed by atoms with Crippen molar-refractivity contribution in [3.05, 3.63) is 84.2 Å². The average molecular weight is 335 g/mol. The van der Waals surface area contributed by atoms with E-state index < -0.39 is 0 Å². The maximum atomic E-state index is 12.2. The van der Waals surface area contributed by atoms with Gasteiger partial charge in [-0.25, -0.2) is 0 Å². The molecule has 1 amide bonds. The van der Waals surface area contributed by atoms with Gasteiger partial charge >= 0.3 is 0 Å². The summed E-state index contributed by atoms with van der Waals surface area (Å²) in [6.45, 7) is 4.96. The van der Waals surface area contributed by atoms with Gasteiger partial charge in [-0.2, -0.15) is 0 Å². The molecule has 0 bridgehead atoms. The summed E-state index contributed by atoms with van der Waals surface area (Å²) in [4.78, 5) is 16.2. The molecule has 1 heterocycles. The molecule has 0 saturated heterocycles. The molecular formula is C21H25N3O. The summed E-state index contributed by atoms with van der Waals surface area (Å²) >= 11 is 0. The molecule has 4 nitrogen and oxygen atoms in total. The summed E-state index contributed by atoms with van der Waals surface area (Å²) in [6.07, 6.45) is 11.0. The Balaban J connectivity index is 1.89. The number of rotatable bonds is 8. The highest BCUT2D eigenvalue weighted by Gasteiger charge is 2.07. The Morgan fingerprint density at radius 1 is 1.20 bits per heavy atom. The summed E-state index contributed by atoms with van der Waals surface area (Å²) in [6, 6.07) is 13.4. The number of nitrogens with zero attached hydrogens (tertiary/aromatic N) is 1. The van der Waals surface area contributed by atoms with Crippen molar-refractivity contribution in [3.63, 3.8) is 0 Å². The van der Waals surface area contributed by atoms with Crippen LogP contribution in [0.5, 0.6) is 0 Å². The van der Waals surface area contributed by atoms with Crippen molar-refractivity contribution in [1.29, 1.82) is 0 Å². The molecule has 2 rings (SSSR count). The number of hydrogen-bond acceptors (Lipinski definition) is 3. The van der Waals surface area contributed by atoms with Gasteiger partial charge in [-0.15, -0.1) is 0 Å². The SMILES string of the molecule is CC/C=C/C=C/C(C)NCc1cccc(NC(=O)c2ccccn2)c1. The quantitative estimate of drug-likeness (QED) is 0.706. The Morgan fingerprint density at radius 2 is 2.08 bits per heavy atom. The molecule has 1 atom stereocenters. The van der Waals surface area contributed by atoms with E-state index in [9.17, 15) is 4.79 Å². The zero-order valence-corrected chi connectivity index (χ0v) is 14.8. The lowest BCUT2D eigenvalue weighted by Gasteiger charge is -2.11. The second-order valence-electron chi connectivity index (χ2n) is 5.76. The molecule has 0 aliphatic heterocycles. The average Bonchev–Trinajstić information content (AvgIpc) is 2.64. The Kier molecular flexibility index (Phi) is 7.60. The zero-order valence-electron chi connectivity index (χ0n) is 14.8. The van der Waals surface area contributed by atoms with Crippen molar-refractivity contribution in [2.24, 2.45) is 0 Å². The van der Waals surface area contributed by atoms with E-state index in [0.29, 0.717) is 5.69 Å². The van der Waals surface area contributed by atoms with E-state index in [-0.39, 0.29) is 11.9 Å². The van der Waals surface area contributed by atoms with Crippen molar-refractivity contribution in [2.45, 2.75) is 32.9 Å². The molecule has 2 N–H and O–H groups in total. The monoisotopic (exact) mass is 335 g/mol. The van der Waals surface area contributed by atoms with Crippen LogP contribution in [0.1, 0.15) is 36.3 Å². The van der Waals surface area contributed by atoms with E-state index in [1.165, 1.54) is 0 Å². The molecule has 1 aromatic carbocycles. The minimum Gasteiger partial charge on any atom is -0.321 e. The van der Waals surface area contributed by atoms with Gasteiger partial charge in [0.2, 0.25) is 0 Å². The topological polar surface area (TPSA) is 54.0 Å².